The Balaban J connectivity index is 2.01. The molecule has 0 spiro atoms. The van der Waals surface area contributed by atoms with Crippen LogP contribution >= 0.6 is 0 Å². The van der Waals surface area contributed by atoms with E-state index in [1.54, 1.807) is 7.11 Å². The molecule has 0 saturated heterocycles. The maximum atomic E-state index is 5.30. The van der Waals surface area contributed by atoms with Crippen molar-refractivity contribution in [2.75, 3.05) is 7.11 Å². The highest BCUT2D eigenvalue weighted by molar-refractivity contribution is 5.60. The summed E-state index contributed by atoms with van der Waals surface area (Å²) in [4.78, 5) is 0. The van der Waals surface area contributed by atoms with Gasteiger partial charge in [-0.2, -0.15) is 0 Å². The van der Waals surface area contributed by atoms with Gasteiger partial charge < -0.3 is 4.74 Å². The van der Waals surface area contributed by atoms with E-state index in [0.717, 1.165) is 6.42 Å². The molecule has 0 radical (unpaired) electrons. The minimum Gasteiger partial charge on any atom is -0.504 e. The van der Waals surface area contributed by atoms with Gasteiger partial charge in [0.25, 0.3) is 0 Å². The van der Waals surface area contributed by atoms with Crippen LogP contribution in [0.2, 0.25) is 0 Å². The summed E-state index contributed by atoms with van der Waals surface area (Å²) < 4.78 is 5.30. The minimum absolute atomic E-state index is 0.386. The molecule has 0 amide bonds. The van der Waals surface area contributed by atoms with Crippen molar-refractivity contribution in [3.05, 3.63) is 82.6 Å². The monoisotopic (exact) mass is 248 g/mol. The highest BCUT2D eigenvalue weighted by atomic mass is 16.5. The lowest BCUT2D eigenvalue weighted by atomic mass is 9.62. The van der Waals surface area contributed by atoms with Crippen LogP contribution in [0.15, 0.2) is 60.4 Å². The van der Waals surface area contributed by atoms with Gasteiger partial charge in [0.2, 0.25) is 0 Å². The molecule has 3 aliphatic rings. The molecule has 0 fully saturated rings. The molecule has 3 aliphatic carbocycles. The molecule has 94 valence electrons. The summed E-state index contributed by atoms with van der Waals surface area (Å²) in [5, 5.41) is 0. The molecule has 0 N–H and O–H groups in total. The normalized spacial score (nSPS) is 25.0. The van der Waals surface area contributed by atoms with E-state index in [4.69, 9.17) is 4.74 Å². The van der Waals surface area contributed by atoms with Crippen molar-refractivity contribution in [3.8, 4) is 0 Å². The van der Waals surface area contributed by atoms with E-state index in [1.165, 1.54) is 27.8 Å². The second kappa shape index (κ2) is 3.99. The van der Waals surface area contributed by atoms with E-state index in [0.29, 0.717) is 11.8 Å². The average Bonchev–Trinajstić information content (AvgIpc) is 2.48. The summed E-state index contributed by atoms with van der Waals surface area (Å²) >= 11 is 0. The fraction of sp³-hybridized carbons (Fsp3) is 0.222. The van der Waals surface area contributed by atoms with Crippen molar-refractivity contribution >= 4 is 0 Å². The lowest BCUT2D eigenvalue weighted by Crippen LogP contribution is -2.26. The summed E-state index contributed by atoms with van der Waals surface area (Å²) in [7, 11) is 1.74. The van der Waals surface area contributed by atoms with E-state index in [9.17, 15) is 0 Å². The summed E-state index contributed by atoms with van der Waals surface area (Å²) in [6.45, 7) is 0. The molecule has 0 saturated carbocycles. The Morgan fingerprint density at radius 3 is 1.95 bits per heavy atom. The first-order valence-electron chi connectivity index (χ1n) is 6.79. The SMILES string of the molecule is CO/C=C1\CC2c3ccccc3C1c1ccccc12. The Hall–Kier alpha value is -2.02. The van der Waals surface area contributed by atoms with Crippen LogP contribution in [0.3, 0.4) is 0 Å². The van der Waals surface area contributed by atoms with Gasteiger partial charge in [-0.1, -0.05) is 48.5 Å². The molecule has 2 aromatic rings. The highest BCUT2D eigenvalue weighted by Crippen LogP contribution is 2.54. The number of allylic oxidation sites excluding steroid dienone is 1. The van der Waals surface area contributed by atoms with Gasteiger partial charge in [0, 0.05) is 11.8 Å². The van der Waals surface area contributed by atoms with Gasteiger partial charge in [-0.05, 0) is 34.2 Å². The molecule has 1 nitrogen and oxygen atoms in total. The largest absolute Gasteiger partial charge is 0.504 e. The Kier molecular flexibility index (Phi) is 2.28. The van der Waals surface area contributed by atoms with Crippen LogP contribution in [-0.2, 0) is 4.74 Å². The topological polar surface area (TPSA) is 9.23 Å². The molecule has 2 bridgehead atoms. The van der Waals surface area contributed by atoms with Gasteiger partial charge in [-0.25, -0.2) is 0 Å². The first kappa shape index (κ1) is 10.9. The van der Waals surface area contributed by atoms with Crippen LogP contribution in [0, 0.1) is 0 Å². The molecular formula is C18H16O. The van der Waals surface area contributed by atoms with Gasteiger partial charge in [0.15, 0.2) is 0 Å². The quantitative estimate of drug-likeness (QED) is 0.687. The number of fused-ring (bicyclic) bond motifs is 1. The van der Waals surface area contributed by atoms with Crippen molar-refractivity contribution in [1.29, 1.82) is 0 Å². The van der Waals surface area contributed by atoms with Crippen LogP contribution in [0.5, 0.6) is 0 Å². The summed E-state index contributed by atoms with van der Waals surface area (Å²) in [5.74, 6) is 0.885. The molecule has 19 heavy (non-hydrogen) atoms. The van der Waals surface area contributed by atoms with E-state index >= 15 is 0 Å². The van der Waals surface area contributed by atoms with Crippen LogP contribution in [0.1, 0.15) is 40.5 Å². The first-order valence-corrected chi connectivity index (χ1v) is 6.79. The van der Waals surface area contributed by atoms with Crippen LogP contribution in [0.4, 0.5) is 0 Å². The average molecular weight is 248 g/mol. The van der Waals surface area contributed by atoms with Crippen LogP contribution < -0.4 is 0 Å². The maximum absolute atomic E-state index is 5.30. The van der Waals surface area contributed by atoms with Crippen molar-refractivity contribution in [2.45, 2.75) is 18.3 Å². The first-order chi connectivity index (χ1) is 9.40. The molecule has 2 aromatic carbocycles. The van der Waals surface area contributed by atoms with E-state index < -0.39 is 0 Å². The fourth-order valence-electron chi connectivity index (χ4n) is 3.76. The van der Waals surface area contributed by atoms with Crippen molar-refractivity contribution in [1.82, 2.24) is 0 Å². The van der Waals surface area contributed by atoms with Crippen LogP contribution in [0.25, 0.3) is 0 Å². The molecular weight excluding hydrogens is 232 g/mol. The zero-order valence-corrected chi connectivity index (χ0v) is 11.0. The minimum atomic E-state index is 0.386. The number of rotatable bonds is 1. The number of ether oxygens (including phenoxy) is 1. The third-order valence-electron chi connectivity index (χ3n) is 4.44. The van der Waals surface area contributed by atoms with Gasteiger partial charge in [0.1, 0.15) is 0 Å². The predicted molar refractivity (Wildman–Crippen MR) is 76.3 cm³/mol. The second-order valence-electron chi connectivity index (χ2n) is 5.38. The van der Waals surface area contributed by atoms with Gasteiger partial charge in [0.05, 0.1) is 13.4 Å². The fourth-order valence-corrected chi connectivity index (χ4v) is 3.76. The Bertz CT molecular complexity index is 621. The molecule has 0 heterocycles. The van der Waals surface area contributed by atoms with Crippen LogP contribution in [-0.4, -0.2) is 7.11 Å². The van der Waals surface area contributed by atoms with Crippen molar-refractivity contribution in [3.63, 3.8) is 0 Å². The Labute approximate surface area is 113 Å². The van der Waals surface area contributed by atoms with E-state index in [2.05, 4.69) is 48.5 Å². The summed E-state index contributed by atoms with van der Waals surface area (Å²) in [6, 6.07) is 17.7. The second-order valence-corrected chi connectivity index (χ2v) is 5.38. The van der Waals surface area contributed by atoms with Gasteiger partial charge in [-0.3, -0.25) is 0 Å². The molecule has 0 atom stereocenters. The van der Waals surface area contributed by atoms with E-state index in [1.807, 2.05) is 6.26 Å². The predicted octanol–water partition coefficient (Wildman–Crippen LogP) is 4.20. The number of benzene rings is 2. The van der Waals surface area contributed by atoms with Crippen molar-refractivity contribution < 1.29 is 4.74 Å². The Morgan fingerprint density at radius 1 is 0.895 bits per heavy atom. The zero-order chi connectivity index (χ0) is 12.8. The molecule has 0 aromatic heterocycles. The Morgan fingerprint density at radius 2 is 1.42 bits per heavy atom. The standard InChI is InChI=1S/C18H16O/c1-19-11-12-10-17-13-6-2-4-8-15(13)18(12)16-9-5-3-7-14(16)17/h2-9,11,17-18H,10H2,1H3/b12-11+. The number of hydrogen-bond acceptors (Lipinski definition) is 1. The highest BCUT2D eigenvalue weighted by Gasteiger charge is 2.39. The summed E-state index contributed by atoms with van der Waals surface area (Å²) in [5.41, 5.74) is 7.32. The lowest BCUT2D eigenvalue weighted by molar-refractivity contribution is 0.328. The molecule has 0 aliphatic heterocycles. The van der Waals surface area contributed by atoms with E-state index in [-0.39, 0.29) is 0 Å². The maximum Gasteiger partial charge on any atom is 0.0826 e. The number of methoxy groups -OCH3 is 1. The third kappa shape index (κ3) is 1.42. The van der Waals surface area contributed by atoms with Gasteiger partial charge >= 0.3 is 0 Å². The smallest absolute Gasteiger partial charge is 0.0826 e. The molecule has 0 unspecified atom stereocenters. The zero-order valence-electron chi connectivity index (χ0n) is 11.0. The van der Waals surface area contributed by atoms with Crippen molar-refractivity contribution in [2.24, 2.45) is 0 Å². The van der Waals surface area contributed by atoms with Gasteiger partial charge in [-0.15, -0.1) is 0 Å². The summed E-state index contributed by atoms with van der Waals surface area (Å²) in [6.07, 6.45) is 3.04. The number of hydrogen-bond donors (Lipinski definition) is 0. The lowest BCUT2D eigenvalue weighted by Gasteiger charge is -2.41. The third-order valence-corrected chi connectivity index (χ3v) is 4.44. The molecule has 1 heteroatoms. The molecule has 5 rings (SSSR count).